The first-order chi connectivity index (χ1) is 39.4. The smallest absolute Gasteiger partial charge is 0.243 e. The number of nitrogens with one attached hydrogen (secondary N) is 9. The second kappa shape index (κ2) is 37.0. The molecule has 28 heteroatoms. The van der Waals surface area contributed by atoms with Crippen molar-refractivity contribution in [2.45, 2.75) is 159 Å². The van der Waals surface area contributed by atoms with Crippen molar-refractivity contribution in [2.24, 2.45) is 10.8 Å². The third kappa shape index (κ3) is 28.0. The SMILES string of the molecule is CC(=O)NC(C)C(=O)NC(Cc1ccccc1)C(=O)NC(CCCCNC(=O)CNC(=O)C(CCCC[N+](C)(C)C)NC(=O)CCCCOc1ccc(C=NNC(=O)CCCCC(=O)NNC2O[C@@H](CO)[C@H](O)[C@@H](O)[C@@H]2O)c(O)c1)C(N)=O. The second-order valence-electron chi connectivity index (χ2n) is 21.3. The number of carbonyl (C=O) groups excluding carboxylic acids is 9. The number of benzene rings is 2. The normalized spacial score (nSPS) is 18.3. The van der Waals surface area contributed by atoms with Gasteiger partial charge in [0.25, 0.3) is 0 Å². The molecular weight excluding hydrogens is 1080 g/mol. The van der Waals surface area contributed by atoms with E-state index in [0.29, 0.717) is 57.1 Å². The molecule has 1 fully saturated rings. The number of hydrogen-bond donors (Lipinski definition) is 15. The van der Waals surface area contributed by atoms with Crippen molar-refractivity contribution in [2.75, 3.05) is 54.0 Å². The number of aliphatic hydroxyl groups excluding tert-OH is 4. The number of hydrazine groups is 1. The number of unbranched alkanes of at least 4 members (excludes halogenated alkanes) is 4. The summed E-state index contributed by atoms with van der Waals surface area (Å²) in [6.07, 6.45) is -1.51. The van der Waals surface area contributed by atoms with Crippen LogP contribution in [0.2, 0.25) is 0 Å². The molecule has 28 nitrogen and oxygen atoms in total. The van der Waals surface area contributed by atoms with Gasteiger partial charge in [0.15, 0.2) is 6.23 Å². The Bertz CT molecular complexity index is 2450. The van der Waals surface area contributed by atoms with Gasteiger partial charge in [-0.2, -0.15) is 5.10 Å². The van der Waals surface area contributed by atoms with E-state index < -0.39 is 109 Å². The van der Waals surface area contributed by atoms with Crippen LogP contribution in [0.15, 0.2) is 53.6 Å². The van der Waals surface area contributed by atoms with Gasteiger partial charge >= 0.3 is 0 Å². The maximum atomic E-state index is 13.4. The summed E-state index contributed by atoms with van der Waals surface area (Å²) in [5.74, 6) is -4.58. The third-order valence-corrected chi connectivity index (χ3v) is 13.0. The molecule has 0 aliphatic carbocycles. The molecule has 0 radical (unpaired) electrons. The minimum absolute atomic E-state index is 0.00170. The van der Waals surface area contributed by atoms with Gasteiger partial charge in [0.2, 0.25) is 53.2 Å². The number of hydrogen-bond acceptors (Lipinski definition) is 18. The first-order valence-corrected chi connectivity index (χ1v) is 27.8. The highest BCUT2D eigenvalue weighted by molar-refractivity contribution is 5.94. The molecule has 83 heavy (non-hydrogen) atoms. The second-order valence-corrected chi connectivity index (χ2v) is 21.3. The van der Waals surface area contributed by atoms with Crippen LogP contribution in [0.4, 0.5) is 0 Å². The van der Waals surface area contributed by atoms with Crippen LogP contribution in [0.1, 0.15) is 108 Å². The third-order valence-electron chi connectivity index (χ3n) is 13.0. The average Bonchev–Trinajstić information content (AvgIpc) is 3.64. The van der Waals surface area contributed by atoms with Crippen LogP contribution in [-0.4, -0.2) is 198 Å². The highest BCUT2D eigenvalue weighted by Gasteiger charge is 2.43. The highest BCUT2D eigenvalue weighted by atomic mass is 16.6. The molecule has 1 aliphatic heterocycles. The van der Waals surface area contributed by atoms with E-state index in [1.807, 2.05) is 0 Å². The van der Waals surface area contributed by atoms with Gasteiger partial charge in [0, 0.05) is 50.8 Å². The van der Waals surface area contributed by atoms with Crippen molar-refractivity contribution in [3.05, 3.63) is 59.7 Å². The minimum Gasteiger partial charge on any atom is -0.507 e. The van der Waals surface area contributed by atoms with Gasteiger partial charge in [-0.15, -0.1) is 0 Å². The number of nitrogens with two attached hydrogens (primary N) is 1. The average molecular weight is 1170 g/mol. The molecule has 2 aromatic carbocycles. The fourth-order valence-electron chi connectivity index (χ4n) is 8.34. The summed E-state index contributed by atoms with van der Waals surface area (Å²) in [5.41, 5.74) is 13.7. The molecule has 0 spiro atoms. The Labute approximate surface area is 483 Å². The largest absolute Gasteiger partial charge is 0.507 e. The summed E-state index contributed by atoms with van der Waals surface area (Å²) in [7, 11) is 6.15. The molecule has 2 aromatic rings. The molecule has 5 unspecified atom stereocenters. The maximum absolute atomic E-state index is 13.4. The quantitative estimate of drug-likeness (QED) is 0.0141. The van der Waals surface area contributed by atoms with Gasteiger partial charge < -0.3 is 77.1 Å². The number of carbonyl (C=O) groups is 9. The minimum atomic E-state index is -1.61. The van der Waals surface area contributed by atoms with E-state index in [9.17, 15) is 68.7 Å². The van der Waals surface area contributed by atoms with E-state index in [1.165, 1.54) is 32.2 Å². The Morgan fingerprint density at radius 3 is 2.02 bits per heavy atom. The topological polar surface area (TPSA) is 420 Å². The summed E-state index contributed by atoms with van der Waals surface area (Å²) in [5, 5.41) is 69.4. The number of amides is 9. The van der Waals surface area contributed by atoms with Crippen molar-refractivity contribution in [3.63, 3.8) is 0 Å². The lowest BCUT2D eigenvalue weighted by atomic mass is 9.99. The zero-order valence-corrected chi connectivity index (χ0v) is 48.0. The zero-order chi connectivity index (χ0) is 61.5. The van der Waals surface area contributed by atoms with E-state index in [2.05, 4.69) is 74.4 Å². The van der Waals surface area contributed by atoms with Crippen molar-refractivity contribution >= 4 is 59.4 Å². The summed E-state index contributed by atoms with van der Waals surface area (Å²) in [6.45, 7) is 2.99. The molecule has 0 aromatic heterocycles. The first kappa shape index (κ1) is 69.9. The number of quaternary nitrogens is 1. The number of phenolic OH excluding ortho intramolecular Hbond substituents is 1. The first-order valence-electron chi connectivity index (χ1n) is 27.8. The molecule has 9 atom stereocenters. The molecule has 3 rings (SSSR count). The number of aliphatic hydroxyl groups is 4. The summed E-state index contributed by atoms with van der Waals surface area (Å²) < 4.78 is 11.7. The predicted octanol–water partition coefficient (Wildman–Crippen LogP) is -2.64. The Balaban J connectivity index is 1.37. The number of primary amides is 1. The fraction of sp³-hybridized carbons (Fsp3) is 0.600. The number of phenols is 1. The van der Waals surface area contributed by atoms with E-state index in [0.717, 1.165) is 23.0 Å². The Morgan fingerprint density at radius 2 is 1.36 bits per heavy atom. The molecule has 1 aliphatic rings. The molecule has 0 saturated carbocycles. The highest BCUT2D eigenvalue weighted by Crippen LogP contribution is 2.23. The van der Waals surface area contributed by atoms with Crippen LogP contribution >= 0.6 is 0 Å². The van der Waals surface area contributed by atoms with Crippen LogP contribution in [0, 0.1) is 0 Å². The van der Waals surface area contributed by atoms with Gasteiger partial charge in [0.05, 0.1) is 53.7 Å². The molecule has 1 heterocycles. The van der Waals surface area contributed by atoms with Gasteiger partial charge in [-0.25, -0.2) is 10.9 Å². The molecule has 16 N–H and O–H groups in total. The standard InChI is InChI=1S/C55H86N12O16/c1-34(60-35(2)69)52(79)63-41(29-36-17-7-6-8-18-36)54(81)62-39(51(56)78)19-11-14-26-57-47(74)32-58-53(80)40(20-12-15-27-67(3,4)5)61-44(71)21-13-16-28-82-38-25-24-37(42(70)30-38)31-59-64-45(72)22-9-10-23-46(73)65-66-55-50(77)49(76)48(75)43(33-68)83-55/h6-8,17-18,24-25,30-31,34,39-41,43,48-50,55,66,68,75-77H,9-16,19-23,26-29,32-33H2,1-5H3,(H10-,56,57,58,59,60,61,62,63,64,65,69,70,71,72,73,74,78,79,80,81)/p+1/t34?,39?,40?,41?,43-,48-,49+,50-,55?/m0/s1. The number of hydrazone groups is 1. The zero-order valence-electron chi connectivity index (χ0n) is 48.0. The molecule has 462 valence electrons. The fourth-order valence-corrected chi connectivity index (χ4v) is 8.34. The Hall–Kier alpha value is -7.34. The van der Waals surface area contributed by atoms with Crippen LogP contribution in [-0.2, 0) is 54.3 Å². The van der Waals surface area contributed by atoms with Gasteiger partial charge in [-0.1, -0.05) is 30.3 Å². The molecule has 1 saturated heterocycles. The number of nitrogens with zero attached hydrogens (tertiary/aromatic N) is 2. The number of rotatable bonds is 38. The van der Waals surface area contributed by atoms with Gasteiger partial charge in [0.1, 0.15) is 60.1 Å². The Kier molecular flexibility index (Phi) is 31.2. The van der Waals surface area contributed by atoms with Crippen molar-refractivity contribution in [1.29, 1.82) is 0 Å². The summed E-state index contributed by atoms with van der Waals surface area (Å²) >= 11 is 0. The van der Waals surface area contributed by atoms with Gasteiger partial charge in [-0.3, -0.25) is 48.6 Å². The van der Waals surface area contributed by atoms with Gasteiger partial charge in [-0.05, 0) is 88.8 Å². The van der Waals surface area contributed by atoms with Crippen molar-refractivity contribution in [1.82, 2.24) is 48.2 Å². The molecule has 0 bridgehead atoms. The Morgan fingerprint density at radius 1 is 0.711 bits per heavy atom. The van der Waals surface area contributed by atoms with Crippen LogP contribution in [0.3, 0.4) is 0 Å². The maximum Gasteiger partial charge on any atom is 0.243 e. The lowest BCUT2D eigenvalue weighted by Crippen LogP contribution is -2.64. The molecular formula is C55H87N12O16+. The predicted molar refractivity (Wildman–Crippen MR) is 302 cm³/mol. The number of ether oxygens (including phenoxy) is 2. The lowest BCUT2D eigenvalue weighted by molar-refractivity contribution is -0.870. The summed E-state index contributed by atoms with van der Waals surface area (Å²) in [6, 6.07) is 9.42. The number of aromatic hydroxyl groups is 1. The van der Waals surface area contributed by atoms with E-state index >= 15 is 0 Å². The van der Waals surface area contributed by atoms with Crippen molar-refractivity contribution < 1.29 is 82.6 Å². The van der Waals surface area contributed by atoms with E-state index in [4.69, 9.17) is 15.2 Å². The van der Waals surface area contributed by atoms with Crippen molar-refractivity contribution in [3.8, 4) is 11.5 Å². The van der Waals surface area contributed by atoms with Crippen LogP contribution in [0.5, 0.6) is 11.5 Å². The lowest BCUT2D eigenvalue weighted by Gasteiger charge is -2.40. The monoisotopic (exact) mass is 1170 g/mol. The van der Waals surface area contributed by atoms with E-state index in [1.54, 1.807) is 36.4 Å². The van der Waals surface area contributed by atoms with Crippen LogP contribution in [0.25, 0.3) is 0 Å². The summed E-state index contributed by atoms with van der Waals surface area (Å²) in [4.78, 5) is 114. The molecule has 9 amide bonds. The van der Waals surface area contributed by atoms with E-state index in [-0.39, 0.29) is 69.0 Å². The van der Waals surface area contributed by atoms with Crippen LogP contribution < -0.4 is 58.6 Å².